The first-order chi connectivity index (χ1) is 12.1. The minimum Gasteiger partial charge on any atom is -0.477 e. The molecule has 7 heteroatoms. The molecule has 0 amide bonds. The molecular weight excluding hydrogens is 342 g/mol. The summed E-state index contributed by atoms with van der Waals surface area (Å²) >= 11 is 1.29. The van der Waals surface area contributed by atoms with Crippen molar-refractivity contribution in [2.45, 2.75) is 25.0 Å². The number of hydrogen-bond acceptors (Lipinski definition) is 6. The monoisotopic (exact) mass is 361 g/mol. The first kappa shape index (κ1) is 16.4. The molecule has 4 rings (SSSR count). The van der Waals surface area contributed by atoms with E-state index in [1.807, 2.05) is 24.3 Å². The molecule has 1 aromatic carbocycles. The number of piperidine rings is 1. The van der Waals surface area contributed by atoms with Crippen LogP contribution in [0.15, 0.2) is 30.3 Å². The van der Waals surface area contributed by atoms with Gasteiger partial charge in [0, 0.05) is 23.9 Å². The zero-order chi connectivity index (χ0) is 17.4. The van der Waals surface area contributed by atoms with Crippen LogP contribution in [0, 0.1) is 0 Å². The van der Waals surface area contributed by atoms with E-state index in [0.29, 0.717) is 18.0 Å². The van der Waals surface area contributed by atoms with Gasteiger partial charge in [-0.1, -0.05) is 6.07 Å². The number of carbonyl (C=O) groups is 1. The highest BCUT2D eigenvalue weighted by Gasteiger charge is 2.30. The molecule has 0 aliphatic carbocycles. The van der Waals surface area contributed by atoms with Crippen molar-refractivity contribution in [3.05, 3.63) is 45.6 Å². The Morgan fingerprint density at radius 3 is 2.84 bits per heavy atom. The number of fused-ring (bicyclic) bond motifs is 1. The first-order valence-corrected chi connectivity index (χ1v) is 9.04. The number of thiophene rings is 1. The van der Waals surface area contributed by atoms with Gasteiger partial charge in [0.1, 0.15) is 4.88 Å². The number of nitrogens with zero attached hydrogens (tertiary/aromatic N) is 1. The number of ether oxygens (including phenoxy) is 2. The van der Waals surface area contributed by atoms with Crippen LogP contribution in [-0.2, 0) is 6.54 Å². The van der Waals surface area contributed by atoms with Crippen LogP contribution in [0.5, 0.6) is 11.5 Å². The van der Waals surface area contributed by atoms with Gasteiger partial charge in [0.05, 0.1) is 6.10 Å². The van der Waals surface area contributed by atoms with E-state index < -0.39 is 12.1 Å². The largest absolute Gasteiger partial charge is 0.477 e. The molecule has 2 atom stereocenters. The van der Waals surface area contributed by atoms with Crippen molar-refractivity contribution in [2.75, 3.05) is 19.9 Å². The maximum atomic E-state index is 11.0. The third-order valence-corrected chi connectivity index (χ3v) is 5.80. The second-order valence-corrected chi connectivity index (χ2v) is 7.55. The number of rotatable bonds is 4. The van der Waals surface area contributed by atoms with Gasteiger partial charge in [-0.15, -0.1) is 11.3 Å². The number of carboxylic acids is 1. The van der Waals surface area contributed by atoms with Crippen molar-refractivity contribution in [3.63, 3.8) is 0 Å². The topological polar surface area (TPSA) is 79.2 Å². The summed E-state index contributed by atoms with van der Waals surface area (Å²) in [5.41, 5.74) is 1.07. The lowest BCUT2D eigenvalue weighted by Gasteiger charge is -2.36. The smallest absolute Gasteiger partial charge is 0.345 e. The molecule has 0 bridgehead atoms. The highest BCUT2D eigenvalue weighted by atomic mass is 32.1. The van der Waals surface area contributed by atoms with Crippen molar-refractivity contribution in [1.82, 2.24) is 4.90 Å². The van der Waals surface area contributed by atoms with Crippen molar-refractivity contribution in [3.8, 4) is 11.5 Å². The number of β-amino-alcohol motifs (C(OH)–C–C–N with tert-alkyl or cyclic N) is 1. The second-order valence-electron chi connectivity index (χ2n) is 6.38. The number of carboxylic acid groups (broad SMARTS) is 1. The van der Waals surface area contributed by atoms with Crippen LogP contribution in [0.4, 0.5) is 0 Å². The Hall–Kier alpha value is -2.09. The molecule has 1 fully saturated rings. The summed E-state index contributed by atoms with van der Waals surface area (Å²) in [5.74, 6) is 0.677. The zero-order valence-electron chi connectivity index (χ0n) is 13.6. The van der Waals surface area contributed by atoms with E-state index >= 15 is 0 Å². The van der Waals surface area contributed by atoms with Crippen LogP contribution in [0.3, 0.4) is 0 Å². The molecule has 6 nitrogen and oxygen atoms in total. The minimum absolute atomic E-state index is 0.0728. The predicted molar refractivity (Wildman–Crippen MR) is 92.5 cm³/mol. The third-order valence-electron chi connectivity index (χ3n) is 4.74. The SMILES string of the molecule is O=C(O)c1ccc(CN2CC[C@@H](c3ccc4c(c3)OCO4)[C@H](O)C2)s1. The van der Waals surface area contributed by atoms with Crippen molar-refractivity contribution >= 4 is 17.3 Å². The Morgan fingerprint density at radius 2 is 2.08 bits per heavy atom. The molecule has 25 heavy (non-hydrogen) atoms. The summed E-state index contributed by atoms with van der Waals surface area (Å²) in [6.07, 6.45) is 0.380. The lowest BCUT2D eigenvalue weighted by molar-refractivity contribution is 0.0481. The number of benzene rings is 1. The van der Waals surface area contributed by atoms with E-state index in [0.717, 1.165) is 34.9 Å². The fraction of sp³-hybridized carbons (Fsp3) is 0.389. The molecule has 1 saturated heterocycles. The van der Waals surface area contributed by atoms with Crippen molar-refractivity contribution in [2.24, 2.45) is 0 Å². The molecular formula is C18H19NO5S. The zero-order valence-corrected chi connectivity index (χ0v) is 14.4. The molecule has 2 aliphatic heterocycles. The van der Waals surface area contributed by atoms with Gasteiger partial charge in [0.25, 0.3) is 0 Å². The number of aliphatic hydroxyl groups is 1. The quantitative estimate of drug-likeness (QED) is 0.871. The molecule has 3 heterocycles. The Kier molecular flexibility index (Phi) is 4.37. The van der Waals surface area contributed by atoms with Gasteiger partial charge in [-0.2, -0.15) is 0 Å². The standard InChI is InChI=1S/C18H19NO5S/c20-14-9-19(8-12-2-4-17(25-12)18(21)22)6-5-13(14)11-1-3-15-16(7-11)24-10-23-15/h1-4,7,13-14,20H,5-6,8-10H2,(H,21,22)/t13-,14+/m0/s1. The number of hydrogen-bond donors (Lipinski definition) is 2. The Bertz CT molecular complexity index is 790. The average molecular weight is 361 g/mol. The van der Waals surface area contributed by atoms with E-state index in [1.165, 1.54) is 11.3 Å². The summed E-state index contributed by atoms with van der Waals surface area (Å²) in [6.45, 7) is 2.34. The molecule has 2 aromatic rings. The predicted octanol–water partition coefficient (Wildman–Crippen LogP) is 2.53. The van der Waals surface area contributed by atoms with E-state index in [9.17, 15) is 9.90 Å². The minimum atomic E-state index is -0.891. The van der Waals surface area contributed by atoms with E-state index in [-0.39, 0.29) is 12.7 Å². The maximum Gasteiger partial charge on any atom is 0.345 e. The Balaban J connectivity index is 1.40. The Morgan fingerprint density at radius 1 is 1.24 bits per heavy atom. The molecule has 132 valence electrons. The van der Waals surface area contributed by atoms with Crippen LogP contribution in [0.25, 0.3) is 0 Å². The van der Waals surface area contributed by atoms with E-state index in [4.69, 9.17) is 14.6 Å². The molecule has 0 unspecified atom stereocenters. The number of likely N-dealkylation sites (tertiary alicyclic amines) is 1. The van der Waals surface area contributed by atoms with E-state index in [2.05, 4.69) is 4.90 Å². The molecule has 2 aliphatic rings. The molecule has 0 spiro atoms. The highest BCUT2D eigenvalue weighted by Crippen LogP contribution is 2.37. The summed E-state index contributed by atoms with van der Waals surface area (Å²) in [4.78, 5) is 14.5. The normalized spacial score (nSPS) is 22.9. The fourth-order valence-electron chi connectivity index (χ4n) is 3.47. The Labute approximate surface area is 149 Å². The van der Waals surface area contributed by atoms with Crippen molar-refractivity contribution in [1.29, 1.82) is 0 Å². The van der Waals surface area contributed by atoms with Gasteiger partial charge >= 0.3 is 5.97 Å². The van der Waals surface area contributed by atoms with E-state index in [1.54, 1.807) is 6.07 Å². The average Bonchev–Trinajstić information content (AvgIpc) is 3.23. The van der Waals surface area contributed by atoms with Gasteiger partial charge in [0.15, 0.2) is 11.5 Å². The number of aromatic carboxylic acids is 1. The lowest BCUT2D eigenvalue weighted by Crippen LogP contribution is -2.42. The van der Waals surface area contributed by atoms with Crippen LogP contribution in [0.2, 0.25) is 0 Å². The summed E-state index contributed by atoms with van der Waals surface area (Å²) in [5, 5.41) is 19.6. The molecule has 2 N–H and O–H groups in total. The van der Waals surface area contributed by atoms with Crippen LogP contribution >= 0.6 is 11.3 Å². The maximum absolute atomic E-state index is 11.0. The summed E-state index contributed by atoms with van der Waals surface area (Å²) in [6, 6.07) is 9.35. The van der Waals surface area contributed by atoms with Gasteiger partial charge in [0.2, 0.25) is 6.79 Å². The van der Waals surface area contributed by atoms with Crippen molar-refractivity contribution < 1.29 is 24.5 Å². The molecule has 0 saturated carbocycles. The molecule has 0 radical (unpaired) electrons. The lowest BCUT2D eigenvalue weighted by atomic mass is 9.87. The van der Waals surface area contributed by atoms with Gasteiger partial charge in [-0.05, 0) is 42.8 Å². The third kappa shape index (κ3) is 3.35. The van der Waals surface area contributed by atoms with Crippen LogP contribution in [0.1, 0.15) is 32.5 Å². The fourth-order valence-corrected chi connectivity index (χ4v) is 4.36. The molecule has 1 aromatic heterocycles. The van der Waals surface area contributed by atoms with Crippen LogP contribution < -0.4 is 9.47 Å². The van der Waals surface area contributed by atoms with Gasteiger partial charge < -0.3 is 19.7 Å². The number of aliphatic hydroxyl groups excluding tert-OH is 1. The summed E-state index contributed by atoms with van der Waals surface area (Å²) < 4.78 is 10.8. The van der Waals surface area contributed by atoms with Crippen LogP contribution in [-0.4, -0.2) is 47.1 Å². The summed E-state index contributed by atoms with van der Waals surface area (Å²) in [7, 11) is 0. The van der Waals surface area contributed by atoms with Gasteiger partial charge in [-0.25, -0.2) is 4.79 Å². The second kappa shape index (κ2) is 6.67. The highest BCUT2D eigenvalue weighted by molar-refractivity contribution is 7.13. The first-order valence-electron chi connectivity index (χ1n) is 8.22. The van der Waals surface area contributed by atoms with Gasteiger partial charge in [-0.3, -0.25) is 4.90 Å².